The number of imide groups is 1. The van der Waals surface area contributed by atoms with Gasteiger partial charge in [0.05, 0.1) is 26.4 Å². The van der Waals surface area contributed by atoms with Crippen molar-refractivity contribution >= 4 is 53.1 Å². The summed E-state index contributed by atoms with van der Waals surface area (Å²) >= 11 is 0. The Kier molecular flexibility index (Phi) is 19.7. The molecule has 8 N–H and O–H groups in total. The Morgan fingerprint density at radius 1 is 0.793 bits per heavy atom. The van der Waals surface area contributed by atoms with E-state index >= 15 is 0 Å². The van der Waals surface area contributed by atoms with Gasteiger partial charge in [0.2, 0.25) is 23.6 Å². The summed E-state index contributed by atoms with van der Waals surface area (Å²) in [4.78, 5) is 103. The maximum Gasteiger partial charge on any atom is 0.312 e. The van der Waals surface area contributed by atoms with Crippen molar-refractivity contribution in [1.82, 2.24) is 36.0 Å². The number of benzene rings is 1. The average Bonchev–Trinajstić information content (AvgIpc) is 3.51. The van der Waals surface area contributed by atoms with Crippen LogP contribution in [-0.4, -0.2) is 159 Å². The largest absolute Gasteiger partial charge is 0.379 e. The second-order valence-electron chi connectivity index (χ2n) is 14.2. The molecule has 0 spiro atoms. The van der Waals surface area contributed by atoms with Crippen molar-refractivity contribution in [2.24, 2.45) is 11.7 Å². The number of aliphatic hydroxyl groups excluding tert-OH is 1. The number of piperazine rings is 1. The minimum absolute atomic E-state index is 0.0100. The molecule has 2 aliphatic rings. The summed E-state index contributed by atoms with van der Waals surface area (Å²) in [5, 5.41) is 23.9. The molecule has 3 rings (SSSR count). The molecule has 20 heteroatoms. The normalized spacial score (nSPS) is 15.8. The molecule has 20 nitrogen and oxygen atoms in total. The fourth-order valence-electron chi connectivity index (χ4n) is 5.85. The molecule has 0 aromatic heterocycles. The number of nitrogens with two attached hydrogens (primary N) is 1. The maximum atomic E-state index is 13.5. The highest BCUT2D eigenvalue weighted by Crippen LogP contribution is 2.20. The summed E-state index contributed by atoms with van der Waals surface area (Å²) in [5.41, 5.74) is 5.88. The lowest BCUT2D eigenvalue weighted by Gasteiger charge is -2.33. The Morgan fingerprint density at radius 3 is 2.05 bits per heavy atom. The van der Waals surface area contributed by atoms with Crippen LogP contribution in [0.4, 0.5) is 10.5 Å². The van der Waals surface area contributed by atoms with E-state index in [1.165, 1.54) is 12.1 Å². The Hall–Kier alpha value is -5.44. The van der Waals surface area contributed by atoms with Crippen LogP contribution in [0.1, 0.15) is 51.2 Å². The van der Waals surface area contributed by atoms with E-state index in [0.29, 0.717) is 43.9 Å². The number of ether oxygens (including phenoxy) is 2. The second kappa shape index (κ2) is 24.4. The third-order valence-corrected chi connectivity index (χ3v) is 9.29. The van der Waals surface area contributed by atoms with Gasteiger partial charge >= 0.3 is 6.03 Å². The number of carbonyl (C=O) groups is 8. The van der Waals surface area contributed by atoms with Crippen molar-refractivity contribution in [2.75, 3.05) is 84.6 Å². The highest BCUT2D eigenvalue weighted by molar-refractivity contribution is 6.13. The van der Waals surface area contributed by atoms with Gasteiger partial charge in [-0.05, 0) is 43.5 Å². The number of nitrogens with one attached hydrogen (secondary N) is 5. The Balaban J connectivity index is 1.41. The molecule has 58 heavy (non-hydrogen) atoms. The zero-order chi connectivity index (χ0) is 42.6. The Bertz CT molecular complexity index is 1600. The molecule has 0 saturated carbocycles. The number of rotatable bonds is 24. The molecule has 320 valence electrons. The van der Waals surface area contributed by atoms with E-state index in [9.17, 15) is 43.5 Å². The third-order valence-electron chi connectivity index (χ3n) is 9.29. The number of likely N-dealkylation sites (N-methyl/N-ethyl adjacent to an activating group) is 1. The van der Waals surface area contributed by atoms with Gasteiger partial charge in [-0.2, -0.15) is 0 Å². The third kappa shape index (κ3) is 16.2. The predicted molar refractivity (Wildman–Crippen MR) is 209 cm³/mol. The van der Waals surface area contributed by atoms with Crippen LogP contribution in [0.3, 0.4) is 0 Å². The van der Waals surface area contributed by atoms with Crippen LogP contribution in [0.2, 0.25) is 0 Å². The van der Waals surface area contributed by atoms with Crippen LogP contribution in [0.5, 0.6) is 0 Å². The molecule has 1 saturated heterocycles. The summed E-state index contributed by atoms with van der Waals surface area (Å²) < 4.78 is 10.9. The lowest BCUT2D eigenvalue weighted by Crippen LogP contribution is -2.54. The highest BCUT2D eigenvalue weighted by atomic mass is 16.5. The van der Waals surface area contributed by atoms with E-state index < -0.39 is 59.7 Å². The standard InChI is InChI=1S/C38H57N9O11/c1-25(2)33(44-30(49)13-21-57-23-24-58-22-15-40-29(48)12-16-47-31(50)10-11-32(47)51)36(54)43-28(5-4-14-41-38(39)56)35(53)42-27-8-6-26(7-9-27)34(52)37(55)46-19-17-45(3)18-20-46/h6-11,25,28,33-34,52H,4-5,12-24H2,1-3H3,(H,40,48)(H,42,53)(H,43,54)(H,44,49)(H3,39,41,56)/t28-,33-,34?/m0/s1. The summed E-state index contributed by atoms with van der Waals surface area (Å²) in [6, 6.07) is 3.37. The van der Waals surface area contributed by atoms with Crippen molar-refractivity contribution in [2.45, 2.75) is 57.7 Å². The molecule has 0 aliphatic carbocycles. The number of hydrogen-bond donors (Lipinski definition) is 7. The zero-order valence-corrected chi connectivity index (χ0v) is 33.3. The molecule has 2 aliphatic heterocycles. The molecule has 1 aromatic rings. The van der Waals surface area contributed by atoms with Crippen LogP contribution in [-0.2, 0) is 43.0 Å². The van der Waals surface area contributed by atoms with E-state index in [1.807, 2.05) is 7.05 Å². The number of carbonyl (C=O) groups excluding carboxylic acids is 8. The molecular formula is C38H57N9O11. The van der Waals surface area contributed by atoms with Crippen molar-refractivity contribution in [3.8, 4) is 0 Å². The molecular weight excluding hydrogens is 758 g/mol. The van der Waals surface area contributed by atoms with Crippen LogP contribution < -0.4 is 32.3 Å². The van der Waals surface area contributed by atoms with Crippen molar-refractivity contribution in [1.29, 1.82) is 0 Å². The fourth-order valence-corrected chi connectivity index (χ4v) is 5.85. The Labute approximate surface area is 337 Å². The van der Waals surface area contributed by atoms with Gasteiger partial charge in [-0.1, -0.05) is 26.0 Å². The first-order valence-corrected chi connectivity index (χ1v) is 19.3. The minimum Gasteiger partial charge on any atom is -0.379 e. The summed E-state index contributed by atoms with van der Waals surface area (Å²) in [7, 11) is 1.96. The molecule has 1 unspecified atom stereocenters. The monoisotopic (exact) mass is 815 g/mol. The minimum atomic E-state index is -1.36. The van der Waals surface area contributed by atoms with Crippen LogP contribution in [0.25, 0.3) is 0 Å². The first-order valence-electron chi connectivity index (χ1n) is 19.3. The SMILES string of the molecule is CC(C)[C@H](NC(=O)CCOCCOCCNC(=O)CCN1C(=O)C=CC1=O)C(=O)N[C@@H](CCCNC(N)=O)C(=O)Nc1ccc(C(O)C(=O)N2CCN(C)CC2)cc1. The number of urea groups is 1. The van der Waals surface area contributed by atoms with Gasteiger partial charge in [0.1, 0.15) is 12.1 Å². The molecule has 1 fully saturated rings. The fraction of sp³-hybridized carbons (Fsp3) is 0.579. The molecule has 9 amide bonds. The number of amides is 9. The second-order valence-corrected chi connectivity index (χ2v) is 14.2. The van der Waals surface area contributed by atoms with Gasteiger partial charge in [0, 0.05) is 76.5 Å². The van der Waals surface area contributed by atoms with Gasteiger partial charge in [0.25, 0.3) is 17.7 Å². The molecule has 0 radical (unpaired) electrons. The molecule has 1 aromatic carbocycles. The lowest BCUT2D eigenvalue weighted by molar-refractivity contribution is -0.142. The maximum absolute atomic E-state index is 13.5. The van der Waals surface area contributed by atoms with E-state index in [2.05, 4.69) is 31.5 Å². The first kappa shape index (κ1) is 46.9. The number of nitrogens with zero attached hydrogens (tertiary/aromatic N) is 3. The lowest BCUT2D eigenvalue weighted by atomic mass is 10.0. The van der Waals surface area contributed by atoms with Gasteiger partial charge in [-0.3, -0.25) is 38.5 Å². The van der Waals surface area contributed by atoms with Crippen LogP contribution in [0, 0.1) is 5.92 Å². The van der Waals surface area contributed by atoms with Crippen LogP contribution in [0.15, 0.2) is 36.4 Å². The molecule has 0 bridgehead atoms. The quantitative estimate of drug-likeness (QED) is 0.0458. The Morgan fingerprint density at radius 2 is 1.43 bits per heavy atom. The van der Waals surface area contributed by atoms with Crippen molar-refractivity contribution in [3.05, 3.63) is 42.0 Å². The van der Waals surface area contributed by atoms with Gasteiger partial charge in [0.15, 0.2) is 6.10 Å². The smallest absolute Gasteiger partial charge is 0.312 e. The first-order chi connectivity index (χ1) is 27.7. The van der Waals surface area contributed by atoms with Gasteiger partial charge < -0.3 is 56.7 Å². The number of hydrogen-bond acceptors (Lipinski definition) is 12. The van der Waals surface area contributed by atoms with Crippen LogP contribution >= 0.6 is 0 Å². The highest BCUT2D eigenvalue weighted by Gasteiger charge is 2.30. The van der Waals surface area contributed by atoms with E-state index in [1.54, 1.807) is 30.9 Å². The summed E-state index contributed by atoms with van der Waals surface area (Å²) in [6.45, 7) is 6.88. The number of primary amides is 1. The predicted octanol–water partition coefficient (Wildman–Crippen LogP) is -1.64. The van der Waals surface area contributed by atoms with Gasteiger partial charge in [-0.15, -0.1) is 0 Å². The van der Waals surface area contributed by atoms with E-state index in [-0.39, 0.29) is 77.1 Å². The zero-order valence-electron chi connectivity index (χ0n) is 33.3. The average molecular weight is 816 g/mol. The summed E-state index contributed by atoms with van der Waals surface area (Å²) in [5.74, 6) is -3.59. The molecule has 3 atom stereocenters. The number of anilines is 1. The summed E-state index contributed by atoms with van der Waals surface area (Å²) in [6.07, 6.45) is 1.28. The van der Waals surface area contributed by atoms with E-state index in [0.717, 1.165) is 17.1 Å². The molecule has 2 heterocycles. The van der Waals surface area contributed by atoms with Gasteiger partial charge in [-0.25, -0.2) is 4.79 Å². The topological polar surface area (TPSA) is 271 Å². The van der Waals surface area contributed by atoms with Crippen molar-refractivity contribution in [3.63, 3.8) is 0 Å². The number of aliphatic hydroxyl groups is 1. The van der Waals surface area contributed by atoms with Crippen molar-refractivity contribution < 1.29 is 52.9 Å². The van der Waals surface area contributed by atoms with E-state index in [4.69, 9.17) is 15.2 Å².